The molecule has 0 amide bonds. The number of hydrogen-bond donors (Lipinski definition) is 0. The van der Waals surface area contributed by atoms with E-state index in [2.05, 4.69) is 219 Å². The fourth-order valence-electron chi connectivity index (χ4n) is 9.32. The molecule has 0 N–H and O–H groups in total. The topological polar surface area (TPSA) is 16.4 Å². The number of anilines is 3. The maximum absolute atomic E-state index is 6.71. The molecular weight excluding hydrogens is 691 g/mol. The molecule has 0 fully saturated rings. The monoisotopic (exact) mass is 729 g/mol. The maximum atomic E-state index is 6.71. The highest BCUT2D eigenvalue weighted by Gasteiger charge is 2.42. The first-order valence-electron chi connectivity index (χ1n) is 19.8. The molecule has 0 unspecified atom stereocenters. The maximum Gasteiger partial charge on any atom is 0.143 e. The van der Waals surface area contributed by atoms with Crippen LogP contribution in [0.1, 0.15) is 25.0 Å². The molecule has 0 atom stereocenters. The Labute approximate surface area is 332 Å². The van der Waals surface area contributed by atoms with E-state index in [1.807, 2.05) is 0 Å². The Balaban J connectivity index is 1.11. The van der Waals surface area contributed by atoms with E-state index in [0.717, 1.165) is 39.0 Å². The van der Waals surface area contributed by atoms with Crippen LogP contribution in [0.15, 0.2) is 205 Å². The Hall–Kier alpha value is -7.16. The van der Waals surface area contributed by atoms with Gasteiger partial charge in [-0.05, 0) is 91.9 Å². The van der Waals surface area contributed by atoms with Crippen LogP contribution in [0, 0.1) is 0 Å². The zero-order valence-electron chi connectivity index (χ0n) is 31.9. The molecule has 0 spiro atoms. The van der Waals surface area contributed by atoms with Gasteiger partial charge in [0, 0.05) is 38.5 Å². The quantitative estimate of drug-likeness (QED) is 0.169. The van der Waals surface area contributed by atoms with Crippen LogP contribution in [0.5, 0.6) is 0 Å². The van der Waals surface area contributed by atoms with Crippen molar-refractivity contribution in [2.24, 2.45) is 0 Å². The summed E-state index contributed by atoms with van der Waals surface area (Å²) in [6.45, 7) is 4.77. The first kappa shape index (κ1) is 33.2. The average Bonchev–Trinajstić information content (AvgIpc) is 3.78. The molecule has 0 saturated heterocycles. The second-order valence-electron chi connectivity index (χ2n) is 15.7. The lowest BCUT2D eigenvalue weighted by molar-refractivity contribution is 0.659. The van der Waals surface area contributed by atoms with Gasteiger partial charge in [-0.25, -0.2) is 0 Å². The summed E-state index contributed by atoms with van der Waals surface area (Å²) in [6, 6.07) is 72.3. The minimum absolute atomic E-state index is 0.284. The van der Waals surface area contributed by atoms with Crippen LogP contribution in [-0.4, -0.2) is 0 Å². The van der Waals surface area contributed by atoms with Crippen LogP contribution < -0.4 is 4.90 Å². The largest absolute Gasteiger partial charge is 0.455 e. The van der Waals surface area contributed by atoms with Gasteiger partial charge in [0.2, 0.25) is 0 Å². The Kier molecular flexibility index (Phi) is 7.55. The third-order valence-corrected chi connectivity index (χ3v) is 12.1. The van der Waals surface area contributed by atoms with E-state index in [-0.39, 0.29) is 5.41 Å². The number of para-hydroxylation sites is 1. The van der Waals surface area contributed by atoms with Crippen LogP contribution in [0.4, 0.5) is 17.1 Å². The molecule has 0 bridgehead atoms. The van der Waals surface area contributed by atoms with Crippen LogP contribution in [-0.2, 0) is 5.41 Å². The third kappa shape index (κ3) is 5.25. The van der Waals surface area contributed by atoms with Crippen molar-refractivity contribution >= 4 is 49.8 Å². The second-order valence-corrected chi connectivity index (χ2v) is 15.7. The van der Waals surface area contributed by atoms with Crippen molar-refractivity contribution in [2.75, 3.05) is 4.90 Å². The van der Waals surface area contributed by atoms with Gasteiger partial charge in [0.15, 0.2) is 0 Å². The molecule has 57 heavy (non-hydrogen) atoms. The molecule has 270 valence electrons. The molecule has 9 aromatic carbocycles. The minimum Gasteiger partial charge on any atom is -0.455 e. The zero-order chi connectivity index (χ0) is 38.1. The van der Waals surface area contributed by atoms with Gasteiger partial charge < -0.3 is 9.32 Å². The first-order chi connectivity index (χ1) is 28.0. The normalized spacial score (nSPS) is 12.9. The summed E-state index contributed by atoms with van der Waals surface area (Å²) in [5.74, 6) is 0. The lowest BCUT2D eigenvalue weighted by Crippen LogP contribution is -2.16. The minimum atomic E-state index is -0.284. The lowest BCUT2D eigenvalue weighted by Gasteiger charge is -2.29. The summed E-state index contributed by atoms with van der Waals surface area (Å²) in [6.07, 6.45) is 0. The van der Waals surface area contributed by atoms with Gasteiger partial charge in [-0.1, -0.05) is 178 Å². The van der Waals surface area contributed by atoms with E-state index in [0.29, 0.717) is 0 Å². The van der Waals surface area contributed by atoms with Gasteiger partial charge in [0.1, 0.15) is 11.2 Å². The molecule has 2 nitrogen and oxygen atoms in total. The second kappa shape index (κ2) is 13.0. The van der Waals surface area contributed by atoms with Crippen LogP contribution in [0.2, 0.25) is 0 Å². The molecule has 1 aliphatic carbocycles. The molecule has 10 aromatic rings. The predicted octanol–water partition coefficient (Wildman–Crippen LogP) is 15.5. The van der Waals surface area contributed by atoms with Crippen molar-refractivity contribution < 1.29 is 4.42 Å². The summed E-state index contributed by atoms with van der Waals surface area (Å²) < 4.78 is 6.71. The number of hydrogen-bond acceptors (Lipinski definition) is 2. The highest BCUT2D eigenvalue weighted by Crippen LogP contribution is 2.59. The van der Waals surface area contributed by atoms with Crippen molar-refractivity contribution in [2.45, 2.75) is 19.3 Å². The van der Waals surface area contributed by atoms with E-state index in [9.17, 15) is 0 Å². The fraction of sp³-hybridized carbons (Fsp3) is 0.0545. The van der Waals surface area contributed by atoms with Crippen molar-refractivity contribution in [3.63, 3.8) is 0 Å². The number of benzene rings is 9. The SMILES string of the molecule is CC1(C)c2cccc(N(c3ccc(-c4ccccc4)cc3)c3ccc(-c4ccc(-c5ccccc5)cc4)cc3)c2-c2c1c1c3ccccc3oc1c1ccccc21. The summed E-state index contributed by atoms with van der Waals surface area (Å²) in [7, 11) is 0. The molecule has 1 aromatic heterocycles. The first-order valence-corrected chi connectivity index (χ1v) is 19.8. The van der Waals surface area contributed by atoms with Crippen LogP contribution in [0.25, 0.3) is 77.2 Å². The van der Waals surface area contributed by atoms with E-state index in [4.69, 9.17) is 4.42 Å². The Bertz CT molecular complexity index is 3100. The van der Waals surface area contributed by atoms with Crippen molar-refractivity contribution in [1.29, 1.82) is 0 Å². The molecule has 11 rings (SSSR count). The number of furan rings is 1. The van der Waals surface area contributed by atoms with E-state index < -0.39 is 0 Å². The Morgan fingerprint density at radius 3 is 1.40 bits per heavy atom. The summed E-state index contributed by atoms with van der Waals surface area (Å²) in [5, 5.41) is 4.74. The fourth-order valence-corrected chi connectivity index (χ4v) is 9.32. The molecule has 1 aliphatic rings. The molecule has 0 radical (unpaired) electrons. The van der Waals surface area contributed by atoms with Crippen molar-refractivity contribution in [3.05, 3.63) is 211 Å². The van der Waals surface area contributed by atoms with Crippen LogP contribution in [0.3, 0.4) is 0 Å². The molecule has 0 saturated carbocycles. The summed E-state index contributed by atoms with van der Waals surface area (Å²) >= 11 is 0. The van der Waals surface area contributed by atoms with Crippen molar-refractivity contribution in [3.8, 4) is 44.5 Å². The molecule has 0 aliphatic heterocycles. The lowest BCUT2D eigenvalue weighted by atomic mass is 9.79. The van der Waals surface area contributed by atoms with Gasteiger partial charge in [0.05, 0.1) is 5.69 Å². The van der Waals surface area contributed by atoms with Gasteiger partial charge in [-0.15, -0.1) is 0 Å². The Morgan fingerprint density at radius 1 is 0.386 bits per heavy atom. The smallest absolute Gasteiger partial charge is 0.143 e. The highest BCUT2D eigenvalue weighted by molar-refractivity contribution is 6.24. The number of fused-ring (bicyclic) bond motifs is 10. The average molecular weight is 730 g/mol. The molecular formula is C55H39NO. The number of nitrogens with zero attached hydrogens (tertiary/aromatic N) is 1. The summed E-state index contributed by atoms with van der Waals surface area (Å²) in [4.78, 5) is 2.45. The Morgan fingerprint density at radius 2 is 0.842 bits per heavy atom. The van der Waals surface area contributed by atoms with Gasteiger partial charge in [0.25, 0.3) is 0 Å². The molecule has 2 heteroatoms. The third-order valence-electron chi connectivity index (χ3n) is 12.1. The van der Waals surface area contributed by atoms with E-state index >= 15 is 0 Å². The summed E-state index contributed by atoms with van der Waals surface area (Å²) in [5.41, 5.74) is 17.4. The highest BCUT2D eigenvalue weighted by atomic mass is 16.3. The standard InChI is InChI=1S/C55H39NO/c1-55(2)47-21-13-22-48(52(47)50-44-18-9-10-19-45(44)54-51(53(50)55)46-20-11-12-23-49(46)57-54)56(42-32-28-40(29-33-42)37-16-7-4-8-17-37)43-34-30-41(31-35-43)39-26-24-38(25-27-39)36-14-5-3-6-15-36/h3-35H,1-2H3. The number of rotatable bonds is 6. The van der Waals surface area contributed by atoms with Crippen molar-refractivity contribution in [1.82, 2.24) is 0 Å². The zero-order valence-corrected chi connectivity index (χ0v) is 31.9. The van der Waals surface area contributed by atoms with E-state index in [1.165, 1.54) is 66.4 Å². The van der Waals surface area contributed by atoms with E-state index in [1.54, 1.807) is 0 Å². The van der Waals surface area contributed by atoms with Gasteiger partial charge >= 0.3 is 0 Å². The predicted molar refractivity (Wildman–Crippen MR) is 240 cm³/mol. The molecule has 1 heterocycles. The van der Waals surface area contributed by atoms with Crippen LogP contribution >= 0.6 is 0 Å². The van der Waals surface area contributed by atoms with Gasteiger partial charge in [-0.2, -0.15) is 0 Å². The van der Waals surface area contributed by atoms with Gasteiger partial charge in [-0.3, -0.25) is 0 Å².